The summed E-state index contributed by atoms with van der Waals surface area (Å²) in [6.07, 6.45) is 0.741. The van der Waals surface area contributed by atoms with Gasteiger partial charge in [-0.2, -0.15) is 0 Å². The lowest BCUT2D eigenvalue weighted by molar-refractivity contribution is 0.242. The van der Waals surface area contributed by atoms with Gasteiger partial charge in [-0.05, 0) is 44.0 Å². The molecule has 0 radical (unpaired) electrons. The molecular formula is C11H15ClO2. The average Bonchev–Trinajstić information content (AvgIpc) is 2.01. The number of ether oxygens (including phenoxy) is 1. The van der Waals surface area contributed by atoms with E-state index in [1.54, 1.807) is 6.07 Å². The monoisotopic (exact) mass is 214 g/mol. The molecule has 0 atom stereocenters. The second-order valence-corrected chi connectivity index (χ2v) is 3.87. The van der Waals surface area contributed by atoms with Crippen molar-refractivity contribution in [3.63, 3.8) is 0 Å². The molecule has 1 rings (SSSR count). The molecule has 0 amide bonds. The SMILES string of the molecule is CC(C)Oc1cc(Cl)cc(CCO)c1. The Balaban J connectivity index is 2.83. The quantitative estimate of drug-likeness (QED) is 0.835. The molecule has 3 heteroatoms. The van der Waals surface area contributed by atoms with Crippen LogP contribution < -0.4 is 4.74 Å². The Hall–Kier alpha value is -0.730. The van der Waals surface area contributed by atoms with E-state index in [4.69, 9.17) is 21.4 Å². The standard InChI is InChI=1S/C11H15ClO2/c1-8(2)14-11-6-9(3-4-13)5-10(12)7-11/h5-8,13H,3-4H2,1-2H3. The van der Waals surface area contributed by atoms with Crippen molar-refractivity contribution in [1.82, 2.24) is 0 Å². The van der Waals surface area contributed by atoms with Crippen molar-refractivity contribution in [2.24, 2.45) is 0 Å². The van der Waals surface area contributed by atoms with Crippen molar-refractivity contribution in [3.05, 3.63) is 28.8 Å². The van der Waals surface area contributed by atoms with Gasteiger partial charge in [0.15, 0.2) is 0 Å². The van der Waals surface area contributed by atoms with E-state index in [2.05, 4.69) is 0 Å². The lowest BCUT2D eigenvalue weighted by Gasteiger charge is -2.11. The van der Waals surface area contributed by atoms with Crippen molar-refractivity contribution >= 4 is 11.6 Å². The molecule has 0 unspecified atom stereocenters. The molecule has 1 aromatic rings. The smallest absolute Gasteiger partial charge is 0.121 e. The summed E-state index contributed by atoms with van der Waals surface area (Å²) in [5.74, 6) is 0.760. The highest BCUT2D eigenvalue weighted by Crippen LogP contribution is 2.22. The second-order valence-electron chi connectivity index (χ2n) is 3.44. The Labute approximate surface area is 89.5 Å². The van der Waals surface area contributed by atoms with Crippen LogP contribution in [0.4, 0.5) is 0 Å². The minimum atomic E-state index is 0.126. The number of benzene rings is 1. The summed E-state index contributed by atoms with van der Waals surface area (Å²) in [5, 5.41) is 9.44. The number of hydrogen-bond donors (Lipinski definition) is 1. The first-order valence-electron chi connectivity index (χ1n) is 4.69. The van der Waals surface area contributed by atoms with E-state index in [-0.39, 0.29) is 12.7 Å². The molecule has 78 valence electrons. The van der Waals surface area contributed by atoms with E-state index in [1.807, 2.05) is 26.0 Å². The molecule has 0 aromatic heterocycles. The van der Waals surface area contributed by atoms with Crippen LogP contribution in [0, 0.1) is 0 Å². The Morgan fingerprint density at radius 3 is 2.64 bits per heavy atom. The van der Waals surface area contributed by atoms with Crippen molar-refractivity contribution in [2.45, 2.75) is 26.4 Å². The number of aliphatic hydroxyl groups excluding tert-OH is 1. The fraction of sp³-hybridized carbons (Fsp3) is 0.455. The maximum Gasteiger partial charge on any atom is 0.121 e. The van der Waals surface area contributed by atoms with E-state index >= 15 is 0 Å². The Morgan fingerprint density at radius 2 is 2.07 bits per heavy atom. The Morgan fingerprint density at radius 1 is 1.36 bits per heavy atom. The van der Waals surface area contributed by atoms with Crippen LogP contribution in [0.15, 0.2) is 18.2 Å². The summed E-state index contributed by atoms with van der Waals surface area (Å²) in [6.45, 7) is 4.06. The van der Waals surface area contributed by atoms with Crippen LogP contribution in [-0.4, -0.2) is 17.8 Å². The molecule has 0 fully saturated rings. The number of hydrogen-bond acceptors (Lipinski definition) is 2. The normalized spacial score (nSPS) is 10.6. The van der Waals surface area contributed by atoms with Crippen LogP contribution in [0.2, 0.25) is 5.02 Å². The third-order valence-corrected chi connectivity index (χ3v) is 1.92. The Bertz CT molecular complexity index is 297. The highest BCUT2D eigenvalue weighted by molar-refractivity contribution is 6.30. The van der Waals surface area contributed by atoms with Gasteiger partial charge in [-0.1, -0.05) is 11.6 Å². The average molecular weight is 215 g/mol. The summed E-state index contributed by atoms with van der Waals surface area (Å²) in [4.78, 5) is 0. The first-order chi connectivity index (χ1) is 6.61. The van der Waals surface area contributed by atoms with Gasteiger partial charge in [0.25, 0.3) is 0 Å². The molecule has 2 nitrogen and oxygen atoms in total. The molecule has 0 saturated carbocycles. The van der Waals surface area contributed by atoms with E-state index < -0.39 is 0 Å². The molecule has 0 saturated heterocycles. The fourth-order valence-electron chi connectivity index (χ4n) is 1.23. The van der Waals surface area contributed by atoms with Crippen LogP contribution in [0.3, 0.4) is 0 Å². The predicted octanol–water partition coefficient (Wildman–Crippen LogP) is 2.66. The Kier molecular flexibility index (Phi) is 4.23. The van der Waals surface area contributed by atoms with Gasteiger partial charge in [-0.15, -0.1) is 0 Å². The maximum absolute atomic E-state index is 8.80. The zero-order chi connectivity index (χ0) is 10.6. The molecule has 0 aliphatic heterocycles. The number of aliphatic hydroxyl groups is 1. The highest BCUT2D eigenvalue weighted by atomic mass is 35.5. The van der Waals surface area contributed by atoms with Gasteiger partial charge in [0.1, 0.15) is 5.75 Å². The van der Waals surface area contributed by atoms with E-state index in [9.17, 15) is 0 Å². The van der Waals surface area contributed by atoms with Crippen LogP contribution in [0.5, 0.6) is 5.75 Å². The molecule has 0 aliphatic rings. The maximum atomic E-state index is 8.80. The molecule has 0 heterocycles. The fourth-order valence-corrected chi connectivity index (χ4v) is 1.48. The summed E-state index contributed by atoms with van der Waals surface area (Å²) >= 11 is 5.91. The van der Waals surface area contributed by atoms with E-state index in [1.165, 1.54) is 0 Å². The van der Waals surface area contributed by atoms with Gasteiger partial charge >= 0.3 is 0 Å². The zero-order valence-corrected chi connectivity index (χ0v) is 9.21. The molecule has 0 bridgehead atoms. The minimum absolute atomic E-state index is 0.126. The van der Waals surface area contributed by atoms with E-state index in [0.717, 1.165) is 11.3 Å². The van der Waals surface area contributed by atoms with Crippen molar-refractivity contribution < 1.29 is 9.84 Å². The van der Waals surface area contributed by atoms with Gasteiger partial charge in [-0.25, -0.2) is 0 Å². The lowest BCUT2D eigenvalue weighted by Crippen LogP contribution is -2.06. The van der Waals surface area contributed by atoms with Crippen molar-refractivity contribution in [2.75, 3.05) is 6.61 Å². The van der Waals surface area contributed by atoms with Crippen LogP contribution in [0.25, 0.3) is 0 Å². The van der Waals surface area contributed by atoms with Crippen molar-refractivity contribution in [3.8, 4) is 5.75 Å². The summed E-state index contributed by atoms with van der Waals surface area (Å²) < 4.78 is 5.52. The highest BCUT2D eigenvalue weighted by Gasteiger charge is 2.02. The first-order valence-corrected chi connectivity index (χ1v) is 5.06. The first kappa shape index (κ1) is 11.3. The molecule has 1 N–H and O–H groups in total. The number of halogens is 1. The second kappa shape index (κ2) is 5.23. The minimum Gasteiger partial charge on any atom is -0.491 e. The van der Waals surface area contributed by atoms with Gasteiger partial charge in [0, 0.05) is 11.6 Å². The summed E-state index contributed by atoms with van der Waals surface area (Å²) in [6, 6.07) is 5.52. The number of rotatable bonds is 4. The van der Waals surface area contributed by atoms with Crippen LogP contribution in [-0.2, 0) is 6.42 Å². The molecule has 0 aliphatic carbocycles. The summed E-state index contributed by atoms with van der Waals surface area (Å²) in [7, 11) is 0. The topological polar surface area (TPSA) is 29.5 Å². The van der Waals surface area contributed by atoms with Gasteiger partial charge in [0.2, 0.25) is 0 Å². The molecular weight excluding hydrogens is 200 g/mol. The third-order valence-electron chi connectivity index (χ3n) is 1.70. The van der Waals surface area contributed by atoms with Crippen LogP contribution >= 0.6 is 11.6 Å². The zero-order valence-electron chi connectivity index (χ0n) is 8.46. The van der Waals surface area contributed by atoms with E-state index in [0.29, 0.717) is 11.4 Å². The molecule has 1 aromatic carbocycles. The van der Waals surface area contributed by atoms with Crippen LogP contribution in [0.1, 0.15) is 19.4 Å². The summed E-state index contributed by atoms with van der Waals surface area (Å²) in [5.41, 5.74) is 0.996. The van der Waals surface area contributed by atoms with Gasteiger partial charge in [0.05, 0.1) is 6.10 Å². The molecule has 14 heavy (non-hydrogen) atoms. The van der Waals surface area contributed by atoms with Crippen molar-refractivity contribution in [1.29, 1.82) is 0 Å². The van der Waals surface area contributed by atoms with Gasteiger partial charge in [-0.3, -0.25) is 0 Å². The molecule has 0 spiro atoms. The third kappa shape index (κ3) is 3.56. The largest absolute Gasteiger partial charge is 0.491 e. The lowest BCUT2D eigenvalue weighted by atomic mass is 10.1. The van der Waals surface area contributed by atoms with Gasteiger partial charge < -0.3 is 9.84 Å². The predicted molar refractivity (Wildman–Crippen MR) is 58.0 cm³/mol.